The molecule has 18 heavy (non-hydrogen) atoms. The van der Waals surface area contributed by atoms with Crippen molar-refractivity contribution in [1.29, 1.82) is 5.26 Å². The molecule has 0 saturated carbocycles. The van der Waals surface area contributed by atoms with Gasteiger partial charge in [-0.3, -0.25) is 4.79 Å². The molecular weight excluding hydrogens is 250 g/mol. The van der Waals surface area contributed by atoms with Crippen LogP contribution >= 0.6 is 11.6 Å². The van der Waals surface area contributed by atoms with Crippen LogP contribution in [0.25, 0.3) is 0 Å². The molecule has 1 rings (SSSR count). The molecule has 0 aliphatic rings. The zero-order valence-corrected chi connectivity index (χ0v) is 11.4. The van der Waals surface area contributed by atoms with Crippen LogP contribution in [0.5, 0.6) is 0 Å². The van der Waals surface area contributed by atoms with Crippen LogP contribution in [-0.4, -0.2) is 19.0 Å². The Labute approximate surface area is 112 Å². The van der Waals surface area contributed by atoms with Gasteiger partial charge in [0.15, 0.2) is 0 Å². The molecule has 0 aromatic heterocycles. The lowest BCUT2D eigenvalue weighted by Crippen LogP contribution is -2.41. The topological polar surface area (TPSA) is 64.9 Å². The first kappa shape index (κ1) is 14.3. The first-order chi connectivity index (χ1) is 8.49. The van der Waals surface area contributed by atoms with Gasteiger partial charge in [0.1, 0.15) is 12.1 Å². The van der Waals surface area contributed by atoms with Crippen LogP contribution in [-0.2, 0) is 4.79 Å². The van der Waals surface area contributed by atoms with Crippen molar-refractivity contribution in [2.75, 3.05) is 12.4 Å². The monoisotopic (exact) mass is 265 g/mol. The van der Waals surface area contributed by atoms with Crippen LogP contribution < -0.4 is 10.6 Å². The highest BCUT2D eigenvalue weighted by Gasteiger charge is 2.20. The van der Waals surface area contributed by atoms with Crippen LogP contribution in [0.15, 0.2) is 18.2 Å². The zero-order valence-electron chi connectivity index (χ0n) is 10.6. The van der Waals surface area contributed by atoms with E-state index in [2.05, 4.69) is 10.6 Å². The Bertz CT molecular complexity index is 480. The fourth-order valence-electron chi connectivity index (χ4n) is 1.57. The maximum atomic E-state index is 11.7. The highest BCUT2D eigenvalue weighted by molar-refractivity contribution is 6.32. The molecule has 2 N–H and O–H groups in total. The second kappa shape index (κ2) is 6.27. The van der Waals surface area contributed by atoms with Crippen molar-refractivity contribution in [3.8, 4) is 6.07 Å². The van der Waals surface area contributed by atoms with Crippen molar-refractivity contribution in [2.45, 2.75) is 19.9 Å². The summed E-state index contributed by atoms with van der Waals surface area (Å²) in [6.07, 6.45) is 0. The molecule has 1 aromatic carbocycles. The largest absolute Gasteiger partial charge is 0.373 e. The van der Waals surface area contributed by atoms with Crippen molar-refractivity contribution < 1.29 is 4.79 Å². The molecule has 96 valence electrons. The van der Waals surface area contributed by atoms with E-state index in [9.17, 15) is 4.79 Å². The van der Waals surface area contributed by atoms with Crippen LogP contribution in [0.1, 0.15) is 19.4 Å². The molecule has 0 saturated heterocycles. The van der Waals surface area contributed by atoms with Gasteiger partial charge in [0.25, 0.3) is 0 Å². The third kappa shape index (κ3) is 3.38. The number of anilines is 1. The Morgan fingerprint density at radius 3 is 2.56 bits per heavy atom. The Morgan fingerprint density at radius 1 is 1.44 bits per heavy atom. The van der Waals surface area contributed by atoms with E-state index in [0.717, 1.165) is 5.69 Å². The van der Waals surface area contributed by atoms with Gasteiger partial charge < -0.3 is 10.6 Å². The fraction of sp³-hybridized carbons (Fsp3) is 0.385. The molecule has 0 spiro atoms. The van der Waals surface area contributed by atoms with Gasteiger partial charge in [-0.25, -0.2) is 0 Å². The number of benzene rings is 1. The maximum Gasteiger partial charge on any atom is 0.242 e. The van der Waals surface area contributed by atoms with Crippen LogP contribution in [0.2, 0.25) is 5.02 Å². The number of likely N-dealkylation sites (N-methyl/N-ethyl adjacent to an activating group) is 1. The van der Waals surface area contributed by atoms with E-state index < -0.39 is 0 Å². The quantitative estimate of drug-likeness (QED) is 0.879. The number of nitrogens with zero attached hydrogens (tertiary/aromatic N) is 1. The molecule has 0 radical (unpaired) electrons. The molecule has 5 heteroatoms. The normalized spacial score (nSPS) is 11.8. The third-order valence-electron chi connectivity index (χ3n) is 2.61. The molecule has 0 bridgehead atoms. The summed E-state index contributed by atoms with van der Waals surface area (Å²) >= 11 is 5.94. The minimum Gasteiger partial charge on any atom is -0.373 e. The number of nitriles is 1. The maximum absolute atomic E-state index is 11.7. The summed E-state index contributed by atoms with van der Waals surface area (Å²) in [6.45, 7) is 3.91. The van der Waals surface area contributed by atoms with Crippen molar-refractivity contribution in [1.82, 2.24) is 5.32 Å². The van der Waals surface area contributed by atoms with Crippen LogP contribution in [0.3, 0.4) is 0 Å². The van der Waals surface area contributed by atoms with Crippen molar-refractivity contribution in [2.24, 2.45) is 5.92 Å². The summed E-state index contributed by atoms with van der Waals surface area (Å²) in [7, 11) is 1.60. The van der Waals surface area contributed by atoms with Crippen LogP contribution in [0.4, 0.5) is 5.69 Å². The minimum absolute atomic E-state index is 0.0783. The van der Waals surface area contributed by atoms with E-state index in [1.807, 2.05) is 19.9 Å². The van der Waals surface area contributed by atoms with Gasteiger partial charge in [0.2, 0.25) is 5.91 Å². The van der Waals surface area contributed by atoms with Gasteiger partial charge in [-0.05, 0) is 24.1 Å². The fourth-order valence-corrected chi connectivity index (χ4v) is 1.79. The lowest BCUT2D eigenvalue weighted by Gasteiger charge is -2.22. The van der Waals surface area contributed by atoms with Gasteiger partial charge in [0.05, 0.1) is 10.6 Å². The number of nitrogens with one attached hydrogen (secondary N) is 2. The van der Waals surface area contributed by atoms with E-state index in [4.69, 9.17) is 16.9 Å². The molecule has 0 aliphatic heterocycles. The highest BCUT2D eigenvalue weighted by atomic mass is 35.5. The second-order valence-corrected chi connectivity index (χ2v) is 4.69. The molecule has 1 unspecified atom stereocenters. The van der Waals surface area contributed by atoms with E-state index in [0.29, 0.717) is 10.6 Å². The number of halogens is 1. The Hall–Kier alpha value is -1.73. The first-order valence-electron chi connectivity index (χ1n) is 5.67. The molecule has 1 aromatic rings. The SMILES string of the molecule is CNC(=O)C(Nc1ccc(C#N)c(Cl)c1)C(C)C. The number of hydrogen-bond acceptors (Lipinski definition) is 3. The molecule has 0 fully saturated rings. The zero-order chi connectivity index (χ0) is 13.7. The van der Waals surface area contributed by atoms with Crippen molar-refractivity contribution in [3.63, 3.8) is 0 Å². The number of rotatable bonds is 4. The lowest BCUT2D eigenvalue weighted by atomic mass is 10.0. The average molecular weight is 266 g/mol. The third-order valence-corrected chi connectivity index (χ3v) is 2.92. The van der Waals surface area contributed by atoms with Gasteiger partial charge in [-0.15, -0.1) is 0 Å². The Balaban J connectivity index is 2.92. The summed E-state index contributed by atoms with van der Waals surface area (Å²) in [5.74, 6) is 0.0600. The summed E-state index contributed by atoms with van der Waals surface area (Å²) in [4.78, 5) is 11.7. The molecule has 0 heterocycles. The number of carbonyl (C=O) groups excluding carboxylic acids is 1. The molecule has 1 atom stereocenters. The van der Waals surface area contributed by atoms with Gasteiger partial charge >= 0.3 is 0 Å². The van der Waals surface area contributed by atoms with Gasteiger partial charge in [-0.1, -0.05) is 25.4 Å². The van der Waals surface area contributed by atoms with E-state index >= 15 is 0 Å². The first-order valence-corrected chi connectivity index (χ1v) is 6.05. The van der Waals surface area contributed by atoms with Crippen molar-refractivity contribution >= 4 is 23.2 Å². The number of carbonyl (C=O) groups is 1. The summed E-state index contributed by atoms with van der Waals surface area (Å²) in [5.41, 5.74) is 1.14. The highest BCUT2D eigenvalue weighted by Crippen LogP contribution is 2.21. The smallest absolute Gasteiger partial charge is 0.242 e. The summed E-state index contributed by atoms with van der Waals surface area (Å²) in [5, 5.41) is 14.9. The molecule has 1 amide bonds. The predicted molar refractivity (Wildman–Crippen MR) is 72.5 cm³/mol. The standard InChI is InChI=1S/C13H16ClN3O/c1-8(2)12(13(18)16-3)17-10-5-4-9(7-15)11(14)6-10/h4-6,8,12,17H,1-3H3,(H,16,18). The summed E-state index contributed by atoms with van der Waals surface area (Å²) in [6, 6.07) is 6.68. The number of amides is 1. The number of hydrogen-bond donors (Lipinski definition) is 2. The average Bonchev–Trinajstić information content (AvgIpc) is 2.35. The minimum atomic E-state index is -0.334. The molecular formula is C13H16ClN3O. The van der Waals surface area contributed by atoms with Crippen molar-refractivity contribution in [3.05, 3.63) is 28.8 Å². The Kier molecular flexibility index (Phi) is 4.99. The predicted octanol–water partition coefficient (Wildman–Crippen LogP) is 2.39. The van der Waals surface area contributed by atoms with Gasteiger partial charge in [0, 0.05) is 12.7 Å². The van der Waals surface area contributed by atoms with E-state index in [-0.39, 0.29) is 17.9 Å². The molecule has 0 aliphatic carbocycles. The van der Waals surface area contributed by atoms with Crippen LogP contribution in [0, 0.1) is 17.2 Å². The van der Waals surface area contributed by atoms with E-state index in [1.165, 1.54) is 0 Å². The molecule has 4 nitrogen and oxygen atoms in total. The Morgan fingerprint density at radius 2 is 2.11 bits per heavy atom. The lowest BCUT2D eigenvalue weighted by molar-refractivity contribution is -0.122. The van der Waals surface area contributed by atoms with E-state index in [1.54, 1.807) is 25.2 Å². The van der Waals surface area contributed by atoms with Gasteiger partial charge in [-0.2, -0.15) is 5.26 Å². The summed E-state index contributed by atoms with van der Waals surface area (Å²) < 4.78 is 0. The second-order valence-electron chi connectivity index (χ2n) is 4.29.